The maximum Gasteiger partial charge on any atom is 0.255 e. The van der Waals surface area contributed by atoms with E-state index >= 15 is 0 Å². The number of rotatable bonds is 5. The quantitative estimate of drug-likeness (QED) is 0.686. The SMILES string of the molecule is CS(=O)(=O)c1ccc(F)c(C(=O)NC(c2ccccc2)c2ccccn2)c1. The zero-order chi connectivity index (χ0) is 19.4. The van der Waals surface area contributed by atoms with Crippen LogP contribution in [0.4, 0.5) is 4.39 Å². The maximum absolute atomic E-state index is 14.2. The third-order valence-electron chi connectivity index (χ3n) is 4.00. The van der Waals surface area contributed by atoms with Crippen molar-refractivity contribution in [3.63, 3.8) is 0 Å². The first-order valence-corrected chi connectivity index (χ1v) is 10.0. The van der Waals surface area contributed by atoms with Crippen LogP contribution in [0, 0.1) is 5.82 Å². The lowest BCUT2D eigenvalue weighted by molar-refractivity contribution is 0.0938. The topological polar surface area (TPSA) is 76.1 Å². The molecule has 1 heterocycles. The first-order chi connectivity index (χ1) is 12.9. The van der Waals surface area contributed by atoms with Crippen molar-refractivity contribution in [2.24, 2.45) is 0 Å². The molecule has 3 rings (SSSR count). The number of hydrogen-bond donors (Lipinski definition) is 1. The average molecular weight is 384 g/mol. The Kier molecular flexibility index (Phi) is 5.32. The lowest BCUT2D eigenvalue weighted by Gasteiger charge is -2.19. The number of nitrogens with zero attached hydrogens (tertiary/aromatic N) is 1. The van der Waals surface area contributed by atoms with Gasteiger partial charge in [-0.15, -0.1) is 0 Å². The molecule has 0 spiro atoms. The number of halogens is 1. The first-order valence-electron chi connectivity index (χ1n) is 8.12. The second kappa shape index (κ2) is 7.67. The molecule has 0 aliphatic rings. The van der Waals surface area contributed by atoms with Gasteiger partial charge >= 0.3 is 0 Å². The molecule has 0 aliphatic carbocycles. The zero-order valence-electron chi connectivity index (χ0n) is 14.5. The van der Waals surface area contributed by atoms with Crippen LogP contribution in [-0.4, -0.2) is 25.6 Å². The zero-order valence-corrected chi connectivity index (χ0v) is 15.3. The number of amides is 1. The molecular formula is C20H17FN2O3S. The highest BCUT2D eigenvalue weighted by Gasteiger charge is 2.22. The van der Waals surface area contributed by atoms with E-state index in [1.165, 1.54) is 0 Å². The minimum atomic E-state index is -3.57. The van der Waals surface area contributed by atoms with Crippen LogP contribution < -0.4 is 5.32 Å². The van der Waals surface area contributed by atoms with Gasteiger partial charge in [0.15, 0.2) is 9.84 Å². The molecule has 1 atom stereocenters. The third kappa shape index (κ3) is 4.38. The van der Waals surface area contributed by atoms with Gasteiger partial charge in [0.2, 0.25) is 0 Å². The van der Waals surface area contributed by atoms with E-state index in [9.17, 15) is 17.6 Å². The third-order valence-corrected chi connectivity index (χ3v) is 5.11. The Morgan fingerprint density at radius 1 is 1.04 bits per heavy atom. The molecule has 1 amide bonds. The Hall–Kier alpha value is -3.06. The molecule has 0 radical (unpaired) electrons. The van der Waals surface area contributed by atoms with Crippen LogP contribution in [0.1, 0.15) is 27.7 Å². The van der Waals surface area contributed by atoms with Gasteiger partial charge < -0.3 is 5.32 Å². The lowest BCUT2D eigenvalue weighted by atomic mass is 10.0. The van der Waals surface area contributed by atoms with Crippen molar-refractivity contribution in [2.45, 2.75) is 10.9 Å². The summed E-state index contributed by atoms with van der Waals surface area (Å²) in [5.74, 6) is -1.52. The molecule has 0 aliphatic heterocycles. The summed E-state index contributed by atoms with van der Waals surface area (Å²) in [6.45, 7) is 0. The molecule has 0 saturated heterocycles. The Balaban J connectivity index is 1.99. The van der Waals surface area contributed by atoms with E-state index in [0.29, 0.717) is 5.69 Å². The number of sulfone groups is 1. The van der Waals surface area contributed by atoms with Crippen molar-refractivity contribution in [1.29, 1.82) is 0 Å². The van der Waals surface area contributed by atoms with E-state index in [1.54, 1.807) is 24.4 Å². The summed E-state index contributed by atoms with van der Waals surface area (Å²) in [5.41, 5.74) is 1.01. The number of pyridine rings is 1. The number of aromatic nitrogens is 1. The van der Waals surface area contributed by atoms with E-state index in [2.05, 4.69) is 10.3 Å². The predicted octanol–water partition coefficient (Wildman–Crippen LogP) is 3.14. The van der Waals surface area contributed by atoms with Gasteiger partial charge in [-0.05, 0) is 35.9 Å². The van der Waals surface area contributed by atoms with Crippen molar-refractivity contribution >= 4 is 15.7 Å². The highest BCUT2D eigenvalue weighted by atomic mass is 32.2. The molecule has 5 nitrogen and oxygen atoms in total. The second-order valence-corrected chi connectivity index (χ2v) is 8.00. The fraction of sp³-hybridized carbons (Fsp3) is 0.100. The Labute approximate surface area is 156 Å². The van der Waals surface area contributed by atoms with Crippen molar-refractivity contribution < 1.29 is 17.6 Å². The second-order valence-electron chi connectivity index (χ2n) is 5.99. The highest BCUT2D eigenvalue weighted by molar-refractivity contribution is 7.90. The number of carbonyl (C=O) groups excluding carboxylic acids is 1. The first kappa shape index (κ1) is 18.7. The van der Waals surface area contributed by atoms with E-state index in [0.717, 1.165) is 30.0 Å². The summed E-state index contributed by atoms with van der Waals surface area (Å²) in [6, 6.07) is 17.0. The maximum atomic E-state index is 14.2. The molecule has 1 unspecified atom stereocenters. The lowest BCUT2D eigenvalue weighted by Crippen LogP contribution is -2.30. The number of carbonyl (C=O) groups is 1. The standard InChI is InChI=1S/C20H17FN2O3S/c1-27(25,26)15-10-11-17(21)16(13-15)20(24)23-19(14-7-3-2-4-8-14)18-9-5-6-12-22-18/h2-13,19H,1H3,(H,23,24). The van der Waals surface area contributed by atoms with Crippen LogP contribution in [-0.2, 0) is 9.84 Å². The summed E-state index contributed by atoms with van der Waals surface area (Å²) in [7, 11) is -3.57. The summed E-state index contributed by atoms with van der Waals surface area (Å²) in [6.07, 6.45) is 2.60. The van der Waals surface area contributed by atoms with Gasteiger partial charge in [-0.1, -0.05) is 36.4 Å². The molecular weight excluding hydrogens is 367 g/mol. The average Bonchev–Trinajstić information content (AvgIpc) is 2.66. The molecule has 1 aromatic heterocycles. The fourth-order valence-corrected chi connectivity index (χ4v) is 3.29. The normalized spacial score (nSPS) is 12.4. The summed E-state index contributed by atoms with van der Waals surface area (Å²) in [5, 5.41) is 2.75. The van der Waals surface area contributed by atoms with Crippen molar-refractivity contribution in [2.75, 3.05) is 6.26 Å². The van der Waals surface area contributed by atoms with Crippen molar-refractivity contribution in [1.82, 2.24) is 10.3 Å². The largest absolute Gasteiger partial charge is 0.339 e. The predicted molar refractivity (Wildman–Crippen MR) is 99.5 cm³/mol. The molecule has 0 bridgehead atoms. The number of nitrogens with one attached hydrogen (secondary N) is 1. The summed E-state index contributed by atoms with van der Waals surface area (Å²) < 4.78 is 37.6. The Bertz CT molecular complexity index is 1020. The van der Waals surface area contributed by atoms with Crippen LogP contribution in [0.5, 0.6) is 0 Å². The molecule has 0 saturated carbocycles. The number of hydrogen-bond acceptors (Lipinski definition) is 4. The van der Waals surface area contributed by atoms with E-state index < -0.39 is 27.6 Å². The molecule has 27 heavy (non-hydrogen) atoms. The molecule has 3 aromatic rings. The molecule has 1 N–H and O–H groups in total. The Morgan fingerprint density at radius 3 is 2.37 bits per heavy atom. The molecule has 2 aromatic carbocycles. The smallest absolute Gasteiger partial charge is 0.255 e. The van der Waals surface area contributed by atoms with Crippen LogP contribution in [0.3, 0.4) is 0 Å². The van der Waals surface area contributed by atoms with Gasteiger partial charge in [0.05, 0.1) is 22.2 Å². The molecule has 0 fully saturated rings. The van der Waals surface area contributed by atoms with Crippen LogP contribution in [0.15, 0.2) is 77.8 Å². The van der Waals surface area contributed by atoms with Gasteiger partial charge in [0.1, 0.15) is 5.82 Å². The van der Waals surface area contributed by atoms with Crippen LogP contribution >= 0.6 is 0 Å². The molecule has 138 valence electrons. The van der Waals surface area contributed by atoms with E-state index in [1.807, 2.05) is 30.3 Å². The monoisotopic (exact) mass is 384 g/mol. The van der Waals surface area contributed by atoms with Crippen molar-refractivity contribution in [3.05, 3.63) is 95.6 Å². The highest BCUT2D eigenvalue weighted by Crippen LogP contribution is 2.22. The van der Waals surface area contributed by atoms with Crippen molar-refractivity contribution in [3.8, 4) is 0 Å². The van der Waals surface area contributed by atoms with Gasteiger partial charge in [0.25, 0.3) is 5.91 Å². The minimum absolute atomic E-state index is 0.122. The van der Waals surface area contributed by atoms with Gasteiger partial charge in [-0.3, -0.25) is 9.78 Å². The summed E-state index contributed by atoms with van der Waals surface area (Å²) in [4.78, 5) is 16.9. The van der Waals surface area contributed by atoms with Gasteiger partial charge in [-0.2, -0.15) is 0 Å². The van der Waals surface area contributed by atoms with E-state index in [4.69, 9.17) is 0 Å². The molecule has 7 heteroatoms. The Morgan fingerprint density at radius 2 is 1.74 bits per heavy atom. The van der Waals surface area contributed by atoms with Gasteiger partial charge in [0, 0.05) is 12.5 Å². The van der Waals surface area contributed by atoms with Crippen LogP contribution in [0.2, 0.25) is 0 Å². The fourth-order valence-electron chi connectivity index (χ4n) is 2.64. The summed E-state index contributed by atoms with van der Waals surface area (Å²) >= 11 is 0. The number of benzene rings is 2. The minimum Gasteiger partial charge on any atom is -0.339 e. The van der Waals surface area contributed by atoms with Crippen LogP contribution in [0.25, 0.3) is 0 Å². The van der Waals surface area contributed by atoms with E-state index in [-0.39, 0.29) is 10.5 Å². The van der Waals surface area contributed by atoms with Gasteiger partial charge in [-0.25, -0.2) is 12.8 Å².